The number of thiophene rings is 2. The number of fused-ring (bicyclic) bond motifs is 16. The number of hydrogen-bond donors (Lipinski definition) is 0. The van der Waals surface area contributed by atoms with Crippen molar-refractivity contribution in [3.8, 4) is 27.3 Å². The van der Waals surface area contributed by atoms with Crippen LogP contribution in [0.15, 0.2) is 150 Å². The van der Waals surface area contributed by atoms with Crippen LogP contribution in [0.4, 0.5) is 11.4 Å². The molecule has 3 nitrogen and oxygen atoms in total. The third-order valence-corrected chi connectivity index (χ3v) is 18.7. The van der Waals surface area contributed by atoms with Gasteiger partial charge in [0.2, 0.25) is 0 Å². The van der Waals surface area contributed by atoms with E-state index in [1.807, 2.05) is 22.7 Å². The number of furan rings is 1. The lowest BCUT2D eigenvalue weighted by molar-refractivity contribution is 0.332. The lowest BCUT2D eigenvalue weighted by Crippen LogP contribution is -2.60. The van der Waals surface area contributed by atoms with E-state index in [1.165, 1.54) is 142 Å². The Hall–Kier alpha value is -6.60. The van der Waals surface area contributed by atoms with Crippen LogP contribution in [0.2, 0.25) is 0 Å². The fraction of sp³-hybridized carbons (Fsp3) is 0.194. The van der Waals surface area contributed by atoms with Gasteiger partial charge in [0.25, 0.3) is 0 Å². The molecule has 0 bridgehead atoms. The first-order valence-electron chi connectivity index (χ1n) is 24.3. The maximum absolute atomic E-state index is 7.05. The van der Waals surface area contributed by atoms with Crippen LogP contribution < -0.4 is 15.7 Å². The summed E-state index contributed by atoms with van der Waals surface area (Å²) in [7, 11) is 0. The Morgan fingerprint density at radius 1 is 0.559 bits per heavy atom. The van der Waals surface area contributed by atoms with Gasteiger partial charge >= 0.3 is 6.85 Å². The van der Waals surface area contributed by atoms with Crippen molar-refractivity contribution in [3.63, 3.8) is 0 Å². The van der Waals surface area contributed by atoms with Crippen LogP contribution in [0.3, 0.4) is 0 Å². The van der Waals surface area contributed by atoms with Crippen LogP contribution in [0, 0.1) is 0 Å². The van der Waals surface area contributed by atoms with Crippen molar-refractivity contribution >= 4 is 126 Å². The highest BCUT2D eigenvalue weighted by Gasteiger charge is 2.45. The molecular weight excluding hydrogens is 864 g/mol. The molecule has 6 heterocycles. The Kier molecular flexibility index (Phi) is 7.61. The van der Waals surface area contributed by atoms with E-state index in [0.717, 1.165) is 11.2 Å². The summed E-state index contributed by atoms with van der Waals surface area (Å²) in [5, 5.41) is 8.93. The highest BCUT2D eigenvalue weighted by molar-refractivity contribution is 7.26. The fourth-order valence-corrected chi connectivity index (χ4v) is 14.8. The molecule has 0 unspecified atom stereocenters. The molecule has 12 aromatic rings. The van der Waals surface area contributed by atoms with Gasteiger partial charge in [0, 0.05) is 73.9 Å². The van der Waals surface area contributed by atoms with Gasteiger partial charge in [-0.05, 0) is 140 Å². The number of aromatic nitrogens is 1. The molecule has 0 radical (unpaired) electrons. The van der Waals surface area contributed by atoms with Crippen molar-refractivity contribution in [3.05, 3.63) is 162 Å². The van der Waals surface area contributed by atoms with Gasteiger partial charge in [-0.2, -0.15) is 0 Å². The second kappa shape index (κ2) is 13.1. The van der Waals surface area contributed by atoms with E-state index < -0.39 is 0 Å². The summed E-state index contributed by atoms with van der Waals surface area (Å²) in [5.74, 6) is 0. The van der Waals surface area contributed by atoms with Gasteiger partial charge in [-0.15, -0.1) is 22.7 Å². The Balaban J connectivity index is 1.08. The zero-order chi connectivity index (χ0) is 45.7. The van der Waals surface area contributed by atoms with Crippen LogP contribution >= 0.6 is 22.7 Å². The molecular formula is C62H49BN2OS2. The van der Waals surface area contributed by atoms with E-state index >= 15 is 0 Å². The molecule has 1 aliphatic carbocycles. The molecule has 0 fully saturated rings. The molecule has 15 rings (SSSR count). The number of anilines is 2. The summed E-state index contributed by atoms with van der Waals surface area (Å²) in [6.07, 6.45) is 2.34. The zero-order valence-corrected chi connectivity index (χ0v) is 41.1. The van der Waals surface area contributed by atoms with Crippen molar-refractivity contribution in [2.24, 2.45) is 0 Å². The second-order valence-corrected chi connectivity index (χ2v) is 24.5. The minimum atomic E-state index is -0.0944. The van der Waals surface area contributed by atoms with Gasteiger partial charge in [-0.3, -0.25) is 0 Å². The lowest BCUT2D eigenvalue weighted by atomic mass is 9.44. The van der Waals surface area contributed by atoms with E-state index in [4.69, 9.17) is 4.42 Å². The van der Waals surface area contributed by atoms with Gasteiger partial charge in [0.15, 0.2) is 0 Å². The molecule has 328 valence electrons. The first-order valence-corrected chi connectivity index (χ1v) is 25.9. The first-order chi connectivity index (χ1) is 32.8. The summed E-state index contributed by atoms with van der Waals surface area (Å²) in [4.78, 5) is 3.98. The number of benzene rings is 8. The number of hydrogen-bond acceptors (Lipinski definition) is 4. The SMILES string of the molecule is CC(C)(C)c1ccc(N2B3c4cc5cc(-c6ccccc6)sc5cc4-n4c5cc6c(cc5c5ccc(c3c54)-c3cc4oc5cc7c(cc5c4cc32)C(C)(C)CCC7(C)C)sc2ccccc26)cc1. The molecule has 0 atom stereocenters. The maximum Gasteiger partial charge on any atom is 0.333 e. The predicted octanol–water partition coefficient (Wildman–Crippen LogP) is 16.8. The van der Waals surface area contributed by atoms with Gasteiger partial charge in [-0.25, -0.2) is 0 Å². The van der Waals surface area contributed by atoms with E-state index in [-0.39, 0.29) is 23.1 Å². The number of rotatable bonds is 2. The van der Waals surface area contributed by atoms with Crippen molar-refractivity contribution in [2.75, 3.05) is 4.81 Å². The molecule has 0 N–H and O–H groups in total. The van der Waals surface area contributed by atoms with Gasteiger partial charge in [0.1, 0.15) is 11.2 Å². The van der Waals surface area contributed by atoms with E-state index in [1.54, 1.807) is 0 Å². The zero-order valence-electron chi connectivity index (χ0n) is 39.5. The summed E-state index contributed by atoms with van der Waals surface area (Å²) in [5.41, 5.74) is 19.0. The van der Waals surface area contributed by atoms with Crippen molar-refractivity contribution in [2.45, 2.75) is 77.6 Å². The van der Waals surface area contributed by atoms with Gasteiger partial charge in [-0.1, -0.05) is 127 Å². The Morgan fingerprint density at radius 2 is 1.29 bits per heavy atom. The minimum Gasteiger partial charge on any atom is -0.456 e. The molecule has 68 heavy (non-hydrogen) atoms. The van der Waals surface area contributed by atoms with E-state index in [2.05, 4.69) is 203 Å². The summed E-state index contributed by atoms with van der Waals surface area (Å²) in [6, 6.07) is 56.3. The predicted molar refractivity (Wildman–Crippen MR) is 295 cm³/mol. The lowest BCUT2D eigenvalue weighted by Gasteiger charge is -2.42. The summed E-state index contributed by atoms with van der Waals surface area (Å²) in [6.45, 7) is 16.5. The van der Waals surface area contributed by atoms with Crippen LogP contribution in [0.1, 0.15) is 78.0 Å². The molecule has 6 heteroatoms. The van der Waals surface area contributed by atoms with Crippen LogP contribution in [0.25, 0.3) is 101 Å². The topological polar surface area (TPSA) is 21.3 Å². The van der Waals surface area contributed by atoms with E-state index in [0.29, 0.717) is 0 Å². The fourth-order valence-electron chi connectivity index (χ4n) is 12.6. The van der Waals surface area contributed by atoms with Crippen molar-refractivity contribution in [1.29, 1.82) is 0 Å². The largest absolute Gasteiger partial charge is 0.456 e. The average Bonchev–Trinajstić information content (AvgIpc) is 4.10. The van der Waals surface area contributed by atoms with Crippen molar-refractivity contribution < 1.29 is 4.42 Å². The standard InChI is InChI=1S/C62H49BN2OS2/c1-60(2,3)36-17-19-37(20-18-36)65-50-28-44-43-27-46-47(62(6,7)24-23-61(46,4)5)32-53(43)66-52(44)30-41(50)39-21-22-40-42-31-57-45(38-15-11-12-16-54(38)67-57)29-49(42)64-51-33-56-35(25-48(51)63(65)58(39)59(40)64)26-55(68-56)34-13-9-8-10-14-34/h8-22,25-33H,23-24H2,1-7H3. The molecule has 0 saturated carbocycles. The van der Waals surface area contributed by atoms with Crippen LogP contribution in [-0.4, -0.2) is 11.4 Å². The third-order valence-electron chi connectivity index (χ3n) is 16.4. The Labute approximate surface area is 404 Å². The second-order valence-electron chi connectivity index (χ2n) is 22.3. The van der Waals surface area contributed by atoms with E-state index in [9.17, 15) is 0 Å². The molecule has 4 aromatic heterocycles. The van der Waals surface area contributed by atoms with Gasteiger partial charge in [0.05, 0.1) is 11.0 Å². The quantitative estimate of drug-likeness (QED) is 0.161. The first kappa shape index (κ1) is 39.4. The smallest absolute Gasteiger partial charge is 0.333 e. The van der Waals surface area contributed by atoms with Crippen LogP contribution in [0.5, 0.6) is 0 Å². The monoisotopic (exact) mass is 912 g/mol. The minimum absolute atomic E-state index is 0.0267. The Morgan fingerprint density at radius 3 is 2.09 bits per heavy atom. The van der Waals surface area contributed by atoms with Gasteiger partial charge < -0.3 is 13.8 Å². The van der Waals surface area contributed by atoms with Crippen LogP contribution in [-0.2, 0) is 16.2 Å². The molecule has 0 amide bonds. The maximum atomic E-state index is 7.05. The van der Waals surface area contributed by atoms with Crippen molar-refractivity contribution in [1.82, 2.24) is 4.57 Å². The summed E-state index contributed by atoms with van der Waals surface area (Å²) < 4.78 is 13.7. The molecule has 3 aliphatic rings. The molecule has 0 saturated heterocycles. The molecule has 0 spiro atoms. The average molecular weight is 913 g/mol. The normalized spacial score (nSPS) is 15.9. The third kappa shape index (κ3) is 5.25. The number of nitrogens with zero attached hydrogens (tertiary/aromatic N) is 2. The summed E-state index contributed by atoms with van der Waals surface area (Å²) >= 11 is 3.80. The molecule has 8 aromatic carbocycles. The Bertz CT molecular complexity index is 4190. The highest BCUT2D eigenvalue weighted by atomic mass is 32.1. The molecule has 2 aliphatic heterocycles. The highest BCUT2D eigenvalue weighted by Crippen LogP contribution is 2.52.